The van der Waals surface area contributed by atoms with Gasteiger partial charge in [-0.2, -0.15) is 0 Å². The molecule has 0 fully saturated rings. The molecule has 1 atom stereocenters. The van der Waals surface area contributed by atoms with Crippen molar-refractivity contribution in [1.82, 2.24) is 4.72 Å². The number of nitrogens with zero attached hydrogens (tertiary/aromatic N) is 1. The third-order valence-corrected chi connectivity index (χ3v) is 4.10. The van der Waals surface area contributed by atoms with Crippen LogP contribution in [0.5, 0.6) is 5.75 Å². The van der Waals surface area contributed by atoms with Crippen LogP contribution in [0.1, 0.15) is 13.3 Å². The van der Waals surface area contributed by atoms with Gasteiger partial charge in [0, 0.05) is 18.2 Å². The molecule has 1 unspecified atom stereocenters. The van der Waals surface area contributed by atoms with E-state index >= 15 is 0 Å². The predicted octanol–water partition coefficient (Wildman–Crippen LogP) is 0.745. The number of hydrogen-bond acceptors (Lipinski definition) is 6. The van der Waals surface area contributed by atoms with Crippen LogP contribution in [-0.2, 0) is 14.8 Å². The lowest BCUT2D eigenvalue weighted by molar-refractivity contribution is -0.385. The highest BCUT2D eigenvalue weighted by Crippen LogP contribution is 2.28. The Bertz CT molecular complexity index is 657. The normalized spacial score (nSPS) is 12.7. The fraction of sp³-hybridized carbons (Fsp3) is 0.364. The van der Waals surface area contributed by atoms with Crippen LogP contribution in [0.4, 0.5) is 5.69 Å². The summed E-state index contributed by atoms with van der Waals surface area (Å²) in [5.41, 5.74) is -0.415. The van der Waals surface area contributed by atoms with E-state index < -0.39 is 44.0 Å². The zero-order valence-electron chi connectivity index (χ0n) is 11.3. The number of sulfonamides is 1. The molecular weight excluding hydrogens is 304 g/mol. The van der Waals surface area contributed by atoms with Crippen molar-refractivity contribution in [3.05, 3.63) is 28.3 Å². The Morgan fingerprint density at radius 1 is 1.52 bits per heavy atom. The van der Waals surface area contributed by atoms with Crippen molar-refractivity contribution in [2.24, 2.45) is 0 Å². The number of nitrogens with one attached hydrogen (secondary N) is 1. The van der Waals surface area contributed by atoms with Crippen molar-refractivity contribution >= 4 is 21.7 Å². The first-order chi connectivity index (χ1) is 9.67. The molecule has 116 valence electrons. The van der Waals surface area contributed by atoms with Gasteiger partial charge in [-0.25, -0.2) is 13.1 Å². The molecule has 0 saturated carbocycles. The first-order valence-electron chi connectivity index (χ1n) is 5.74. The molecule has 1 rings (SSSR count). The summed E-state index contributed by atoms with van der Waals surface area (Å²) in [6.45, 7) is 1.37. The number of carboxylic acids is 1. The molecule has 0 saturated heterocycles. The van der Waals surface area contributed by atoms with Gasteiger partial charge in [-0.15, -0.1) is 0 Å². The van der Waals surface area contributed by atoms with E-state index in [1.54, 1.807) is 0 Å². The lowest BCUT2D eigenvalue weighted by atomic mass is 10.3. The second-order valence-electron chi connectivity index (χ2n) is 4.21. The molecule has 10 heteroatoms. The fourth-order valence-electron chi connectivity index (χ4n) is 1.62. The highest BCUT2D eigenvalue weighted by Gasteiger charge is 2.25. The SMILES string of the molecule is COc1ccc([N+](=O)[O-])cc1S(=O)(=O)NC(C)CC(=O)O. The Labute approximate surface area is 120 Å². The molecule has 0 aromatic heterocycles. The van der Waals surface area contributed by atoms with Gasteiger partial charge in [0.25, 0.3) is 5.69 Å². The van der Waals surface area contributed by atoms with E-state index in [1.165, 1.54) is 14.0 Å². The molecule has 0 aliphatic carbocycles. The third kappa shape index (κ3) is 4.39. The van der Waals surface area contributed by atoms with Gasteiger partial charge in [0.15, 0.2) is 0 Å². The van der Waals surface area contributed by atoms with Crippen molar-refractivity contribution in [2.45, 2.75) is 24.3 Å². The maximum Gasteiger partial charge on any atom is 0.304 e. The zero-order valence-corrected chi connectivity index (χ0v) is 12.1. The van der Waals surface area contributed by atoms with Crippen LogP contribution >= 0.6 is 0 Å². The largest absolute Gasteiger partial charge is 0.495 e. The molecular formula is C11H14N2O7S. The smallest absolute Gasteiger partial charge is 0.304 e. The number of benzene rings is 1. The number of rotatable bonds is 7. The van der Waals surface area contributed by atoms with Gasteiger partial charge in [-0.1, -0.05) is 0 Å². The van der Waals surface area contributed by atoms with Crippen molar-refractivity contribution < 1.29 is 28.0 Å². The number of methoxy groups -OCH3 is 1. The van der Waals surface area contributed by atoms with Crippen molar-refractivity contribution in [3.8, 4) is 5.75 Å². The average Bonchev–Trinajstić information content (AvgIpc) is 2.36. The van der Waals surface area contributed by atoms with Gasteiger partial charge in [0.2, 0.25) is 10.0 Å². The summed E-state index contributed by atoms with van der Waals surface area (Å²) in [4.78, 5) is 20.1. The lowest BCUT2D eigenvalue weighted by Gasteiger charge is -2.14. The fourth-order valence-corrected chi connectivity index (χ4v) is 3.05. The summed E-state index contributed by atoms with van der Waals surface area (Å²) < 4.78 is 31.3. The Kier molecular flexibility index (Phi) is 5.22. The number of aliphatic carboxylic acids is 1. The first-order valence-corrected chi connectivity index (χ1v) is 7.22. The Morgan fingerprint density at radius 3 is 2.62 bits per heavy atom. The number of non-ortho nitro benzene ring substituents is 1. The molecule has 9 nitrogen and oxygen atoms in total. The second-order valence-corrected chi connectivity index (χ2v) is 5.89. The molecule has 0 aliphatic heterocycles. The van der Waals surface area contributed by atoms with Gasteiger partial charge in [-0.3, -0.25) is 14.9 Å². The van der Waals surface area contributed by atoms with Crippen LogP contribution in [0.3, 0.4) is 0 Å². The van der Waals surface area contributed by atoms with Crippen molar-refractivity contribution in [1.29, 1.82) is 0 Å². The third-order valence-electron chi connectivity index (χ3n) is 2.48. The standard InChI is InChI=1S/C11H14N2O7S/c1-7(5-11(14)15)12-21(18,19)10-6-8(13(16)17)3-4-9(10)20-2/h3-4,6-7,12H,5H2,1-2H3,(H,14,15). The molecule has 1 aromatic carbocycles. The maximum absolute atomic E-state index is 12.2. The highest BCUT2D eigenvalue weighted by molar-refractivity contribution is 7.89. The van der Waals surface area contributed by atoms with Crippen LogP contribution in [0.25, 0.3) is 0 Å². The summed E-state index contributed by atoms with van der Waals surface area (Å²) >= 11 is 0. The summed E-state index contributed by atoms with van der Waals surface area (Å²) in [6, 6.07) is 2.25. The molecule has 0 aliphatic rings. The second kappa shape index (κ2) is 6.50. The van der Waals surface area contributed by atoms with E-state index in [0.717, 1.165) is 18.2 Å². The van der Waals surface area contributed by atoms with E-state index in [2.05, 4.69) is 4.72 Å². The van der Waals surface area contributed by atoms with Gasteiger partial charge in [-0.05, 0) is 13.0 Å². The Hall–Kier alpha value is -2.20. The molecule has 2 N–H and O–H groups in total. The van der Waals surface area contributed by atoms with E-state index in [-0.39, 0.29) is 5.75 Å². The topological polar surface area (TPSA) is 136 Å². The molecule has 0 spiro atoms. The first kappa shape index (κ1) is 16.9. The van der Waals surface area contributed by atoms with Gasteiger partial charge in [0.1, 0.15) is 10.6 Å². The Balaban J connectivity index is 3.19. The molecule has 0 radical (unpaired) electrons. The van der Waals surface area contributed by atoms with Crippen LogP contribution < -0.4 is 9.46 Å². The number of ether oxygens (including phenoxy) is 1. The maximum atomic E-state index is 12.2. The number of nitro groups is 1. The zero-order chi connectivity index (χ0) is 16.2. The van der Waals surface area contributed by atoms with Gasteiger partial charge < -0.3 is 9.84 Å². The van der Waals surface area contributed by atoms with Crippen molar-refractivity contribution in [3.63, 3.8) is 0 Å². The van der Waals surface area contributed by atoms with E-state index in [9.17, 15) is 23.3 Å². The average molecular weight is 318 g/mol. The van der Waals surface area contributed by atoms with Crippen molar-refractivity contribution in [2.75, 3.05) is 7.11 Å². The minimum absolute atomic E-state index is 0.0735. The van der Waals surface area contributed by atoms with E-state index in [0.29, 0.717) is 0 Å². The lowest BCUT2D eigenvalue weighted by Crippen LogP contribution is -2.34. The molecule has 0 heterocycles. The minimum Gasteiger partial charge on any atom is -0.495 e. The summed E-state index contributed by atoms with van der Waals surface area (Å²) in [6.07, 6.45) is -0.420. The van der Waals surface area contributed by atoms with Crippen LogP contribution in [0.15, 0.2) is 23.1 Å². The van der Waals surface area contributed by atoms with E-state index in [1.807, 2.05) is 0 Å². The van der Waals surface area contributed by atoms with Crippen LogP contribution in [-0.4, -0.2) is 37.6 Å². The summed E-state index contributed by atoms with van der Waals surface area (Å²) in [5, 5.41) is 19.3. The molecule has 0 bridgehead atoms. The van der Waals surface area contributed by atoms with Crippen LogP contribution in [0.2, 0.25) is 0 Å². The molecule has 21 heavy (non-hydrogen) atoms. The molecule has 0 amide bonds. The van der Waals surface area contributed by atoms with E-state index in [4.69, 9.17) is 9.84 Å². The predicted molar refractivity (Wildman–Crippen MR) is 71.7 cm³/mol. The summed E-state index contributed by atoms with van der Waals surface area (Å²) in [5.74, 6) is -1.24. The van der Waals surface area contributed by atoms with Crippen LogP contribution in [0, 0.1) is 10.1 Å². The Morgan fingerprint density at radius 2 is 2.14 bits per heavy atom. The molecule has 1 aromatic rings. The van der Waals surface area contributed by atoms with Gasteiger partial charge >= 0.3 is 5.97 Å². The summed E-state index contributed by atoms with van der Waals surface area (Å²) in [7, 11) is -2.92. The number of carboxylic acid groups (broad SMARTS) is 1. The number of carbonyl (C=O) groups is 1. The monoisotopic (exact) mass is 318 g/mol. The highest BCUT2D eigenvalue weighted by atomic mass is 32.2. The number of nitro benzene ring substituents is 1. The number of hydrogen-bond donors (Lipinski definition) is 2. The van der Waals surface area contributed by atoms with Gasteiger partial charge in [0.05, 0.1) is 18.5 Å². The minimum atomic E-state index is -4.15. The quantitative estimate of drug-likeness (QED) is 0.559.